The lowest BCUT2D eigenvalue weighted by molar-refractivity contribution is -0.161. The number of anilines is 1. The van der Waals surface area contributed by atoms with Crippen molar-refractivity contribution in [1.29, 1.82) is 0 Å². The zero-order chi connectivity index (χ0) is 27.0. The second-order valence-corrected chi connectivity index (χ2v) is 9.78. The van der Waals surface area contributed by atoms with E-state index in [0.29, 0.717) is 28.4 Å². The number of likely N-dealkylation sites (tertiary alicyclic amines) is 1. The average Bonchev–Trinajstić information content (AvgIpc) is 3.58. The van der Waals surface area contributed by atoms with E-state index in [-0.39, 0.29) is 30.7 Å². The van der Waals surface area contributed by atoms with Gasteiger partial charge in [-0.25, -0.2) is 18.7 Å². The number of ether oxygens (including phenoxy) is 1. The molecule has 200 valence electrons. The summed E-state index contributed by atoms with van der Waals surface area (Å²) in [5.41, 5.74) is 2.94. The number of carbonyl (C=O) groups excluding carboxylic acids is 2. The maximum Gasteiger partial charge on any atom is 0.301 e. The van der Waals surface area contributed by atoms with Crippen LogP contribution in [0.5, 0.6) is 5.75 Å². The molecular weight excluding hydrogens is 498 g/mol. The van der Waals surface area contributed by atoms with Gasteiger partial charge < -0.3 is 20.1 Å². The first kappa shape index (κ1) is 25.7. The van der Waals surface area contributed by atoms with Gasteiger partial charge in [0.15, 0.2) is 6.10 Å². The normalized spacial score (nSPS) is 22.1. The van der Waals surface area contributed by atoms with Crippen LogP contribution in [0, 0.1) is 12.8 Å². The van der Waals surface area contributed by atoms with Crippen LogP contribution in [0.25, 0.3) is 11.3 Å². The average molecular weight is 527 g/mol. The zero-order valence-electron chi connectivity index (χ0n) is 21.0. The number of nitrogens with one attached hydrogen (secondary N) is 1. The van der Waals surface area contributed by atoms with Gasteiger partial charge in [0, 0.05) is 43.8 Å². The van der Waals surface area contributed by atoms with Crippen molar-refractivity contribution in [3.05, 3.63) is 54.1 Å². The van der Waals surface area contributed by atoms with Crippen LogP contribution in [0.2, 0.25) is 0 Å². The highest BCUT2D eigenvalue weighted by Crippen LogP contribution is 2.47. The first-order valence-electron chi connectivity index (χ1n) is 12.3. The summed E-state index contributed by atoms with van der Waals surface area (Å²) in [5, 5.41) is 16.0. The van der Waals surface area contributed by atoms with Gasteiger partial charge in [-0.2, -0.15) is 5.10 Å². The van der Waals surface area contributed by atoms with Gasteiger partial charge in [0.25, 0.3) is 0 Å². The van der Waals surface area contributed by atoms with E-state index in [4.69, 9.17) is 9.84 Å². The van der Waals surface area contributed by atoms with Crippen molar-refractivity contribution in [2.45, 2.75) is 37.7 Å². The maximum atomic E-state index is 14.7. The Labute approximate surface area is 217 Å². The molecular formula is C26H28F2N6O4. The van der Waals surface area contributed by atoms with Gasteiger partial charge in [0.2, 0.25) is 11.8 Å². The lowest BCUT2D eigenvalue weighted by atomic mass is 10.0. The summed E-state index contributed by atoms with van der Waals surface area (Å²) in [7, 11) is 1.84. The number of benzene rings is 1. The van der Waals surface area contributed by atoms with Crippen LogP contribution < -0.4 is 10.1 Å². The maximum absolute atomic E-state index is 14.7. The highest BCUT2D eigenvalue weighted by Gasteiger charge is 2.48. The first-order valence-corrected chi connectivity index (χ1v) is 12.3. The molecule has 12 heteroatoms. The van der Waals surface area contributed by atoms with Gasteiger partial charge in [-0.1, -0.05) is 0 Å². The number of aromatic nitrogens is 4. The predicted octanol–water partition coefficient (Wildman–Crippen LogP) is 2.54. The molecule has 2 aromatic heterocycles. The van der Waals surface area contributed by atoms with Gasteiger partial charge in [-0.15, -0.1) is 0 Å². The Morgan fingerprint density at radius 3 is 2.76 bits per heavy atom. The van der Waals surface area contributed by atoms with Crippen molar-refractivity contribution >= 4 is 17.6 Å². The van der Waals surface area contributed by atoms with E-state index in [9.17, 15) is 18.4 Å². The van der Waals surface area contributed by atoms with E-state index in [0.717, 1.165) is 16.9 Å². The van der Waals surface area contributed by atoms with Gasteiger partial charge in [0.1, 0.15) is 24.5 Å². The van der Waals surface area contributed by atoms with Crippen molar-refractivity contribution in [2.24, 2.45) is 13.0 Å². The van der Waals surface area contributed by atoms with E-state index in [1.165, 1.54) is 6.33 Å². The number of aryl methyl sites for hydroxylation is 2. The molecule has 0 unspecified atom stereocenters. The number of rotatable bonds is 7. The standard InChI is InChI=1S/C26H28F2N6O4/c1-15-7-16(3-4-21(15)38-22-5-6-34(24(36)12-35)13-26(22,27)28)20-9-23(30-14-29-20)32-25(37)19-8-18(19)17-10-31-33(2)11-17/h3-4,7,9-11,14,18-19,22,35H,5-6,8,12-13H2,1-2H3,(H,29,30,32,37)/t18-,19+,22+/m1/s1. The number of aliphatic hydroxyl groups excluding tert-OH is 1. The molecule has 2 fully saturated rings. The van der Waals surface area contributed by atoms with Crippen molar-refractivity contribution in [3.8, 4) is 17.0 Å². The molecule has 1 aliphatic carbocycles. The quantitative estimate of drug-likeness (QED) is 0.485. The number of halogens is 2. The van der Waals surface area contributed by atoms with Gasteiger partial charge in [0.05, 0.1) is 18.4 Å². The summed E-state index contributed by atoms with van der Waals surface area (Å²) in [6.07, 6.45) is 4.35. The van der Waals surface area contributed by atoms with Crippen LogP contribution >= 0.6 is 0 Å². The fourth-order valence-corrected chi connectivity index (χ4v) is 4.76. The molecule has 1 saturated heterocycles. The molecule has 3 heterocycles. The molecule has 1 aromatic carbocycles. The molecule has 3 aromatic rings. The Morgan fingerprint density at radius 1 is 1.26 bits per heavy atom. The first-order chi connectivity index (χ1) is 18.1. The molecule has 2 amide bonds. The zero-order valence-corrected chi connectivity index (χ0v) is 21.0. The second-order valence-electron chi connectivity index (χ2n) is 9.78. The predicted molar refractivity (Wildman–Crippen MR) is 133 cm³/mol. The Hall–Kier alpha value is -3.93. The smallest absolute Gasteiger partial charge is 0.301 e. The molecule has 1 saturated carbocycles. The Kier molecular flexibility index (Phi) is 6.82. The number of carbonyl (C=O) groups is 2. The van der Waals surface area contributed by atoms with Crippen LogP contribution in [0.1, 0.15) is 29.9 Å². The Morgan fingerprint density at radius 2 is 2.08 bits per heavy atom. The lowest BCUT2D eigenvalue weighted by Crippen LogP contribution is -2.55. The second kappa shape index (κ2) is 10.1. The van der Waals surface area contributed by atoms with Crippen molar-refractivity contribution < 1.29 is 28.2 Å². The van der Waals surface area contributed by atoms with Crippen molar-refractivity contribution in [2.75, 3.05) is 25.0 Å². The number of amides is 2. The third kappa shape index (κ3) is 5.35. The Balaban J connectivity index is 1.23. The molecule has 38 heavy (non-hydrogen) atoms. The summed E-state index contributed by atoms with van der Waals surface area (Å²) >= 11 is 0. The van der Waals surface area contributed by atoms with E-state index in [1.54, 1.807) is 42.1 Å². The molecule has 10 nitrogen and oxygen atoms in total. The summed E-state index contributed by atoms with van der Waals surface area (Å²) in [6.45, 7) is 0.226. The fourth-order valence-electron chi connectivity index (χ4n) is 4.76. The van der Waals surface area contributed by atoms with Crippen LogP contribution in [-0.2, 0) is 16.6 Å². The number of nitrogens with zero attached hydrogens (tertiary/aromatic N) is 5. The third-order valence-electron chi connectivity index (χ3n) is 6.96. The molecule has 3 atom stereocenters. The van der Waals surface area contributed by atoms with E-state index >= 15 is 0 Å². The van der Waals surface area contributed by atoms with Crippen LogP contribution in [-0.4, -0.2) is 73.3 Å². The van der Waals surface area contributed by atoms with Gasteiger partial charge >= 0.3 is 5.92 Å². The minimum atomic E-state index is -3.26. The largest absolute Gasteiger partial charge is 0.484 e. The van der Waals surface area contributed by atoms with E-state index < -0.39 is 31.1 Å². The molecule has 2 N–H and O–H groups in total. The fraction of sp³-hybridized carbons (Fsp3) is 0.423. The van der Waals surface area contributed by atoms with Crippen molar-refractivity contribution in [3.63, 3.8) is 0 Å². The van der Waals surface area contributed by atoms with E-state index in [2.05, 4.69) is 20.4 Å². The summed E-state index contributed by atoms with van der Waals surface area (Å²) in [6, 6.07) is 6.75. The molecule has 0 spiro atoms. The lowest BCUT2D eigenvalue weighted by Gasteiger charge is -2.38. The molecule has 1 aliphatic heterocycles. The number of piperidine rings is 1. The molecule has 5 rings (SSSR count). The summed E-state index contributed by atoms with van der Waals surface area (Å²) in [5.74, 6) is -3.41. The van der Waals surface area contributed by atoms with Crippen molar-refractivity contribution in [1.82, 2.24) is 24.6 Å². The summed E-state index contributed by atoms with van der Waals surface area (Å²) in [4.78, 5) is 33.7. The SMILES string of the molecule is Cc1cc(-c2cc(NC(=O)[C@H]3C[C@@H]3c3cnn(C)c3)ncn2)ccc1O[C@H]1CCN(C(=O)CO)CC1(F)F. The number of aliphatic hydroxyl groups is 1. The van der Waals surface area contributed by atoms with E-state index in [1.807, 2.05) is 13.2 Å². The molecule has 0 radical (unpaired) electrons. The number of hydrogen-bond acceptors (Lipinski definition) is 7. The van der Waals surface area contributed by atoms with Gasteiger partial charge in [-0.3, -0.25) is 14.3 Å². The topological polar surface area (TPSA) is 122 Å². The molecule has 0 bridgehead atoms. The highest BCUT2D eigenvalue weighted by atomic mass is 19.3. The monoisotopic (exact) mass is 526 g/mol. The van der Waals surface area contributed by atoms with Crippen LogP contribution in [0.15, 0.2) is 43.0 Å². The number of hydrogen-bond donors (Lipinski definition) is 2. The Bertz CT molecular complexity index is 1360. The highest BCUT2D eigenvalue weighted by molar-refractivity contribution is 5.94. The molecule has 2 aliphatic rings. The van der Waals surface area contributed by atoms with Gasteiger partial charge in [-0.05, 0) is 48.6 Å². The van der Waals surface area contributed by atoms with Crippen LogP contribution in [0.3, 0.4) is 0 Å². The summed E-state index contributed by atoms with van der Waals surface area (Å²) < 4.78 is 36.7. The minimum Gasteiger partial charge on any atom is -0.484 e. The van der Waals surface area contributed by atoms with Crippen LogP contribution in [0.4, 0.5) is 14.6 Å². The third-order valence-corrected chi connectivity index (χ3v) is 6.96. The minimum absolute atomic E-state index is 0.0580. The number of alkyl halides is 2.